The van der Waals surface area contributed by atoms with Crippen molar-refractivity contribution < 1.29 is 8.91 Å². The summed E-state index contributed by atoms with van der Waals surface area (Å²) in [6.45, 7) is 8.25. The standard InChI is InChI=1S/C19H20FN7O/c1-12-13(2)23-19-21-11-22-27(19)18(12)26-7-5-25(6-8-26)10-16-15-4-3-14(20)9-17(15)28-24-16/h3-4,9,11H,5-8,10H2,1-2H3. The first kappa shape index (κ1) is 17.1. The number of hydrogen-bond donors (Lipinski definition) is 0. The first-order valence-corrected chi connectivity index (χ1v) is 9.28. The van der Waals surface area contributed by atoms with E-state index in [2.05, 4.69) is 36.9 Å². The lowest BCUT2D eigenvalue weighted by molar-refractivity contribution is 0.242. The molecule has 3 aromatic heterocycles. The highest BCUT2D eigenvalue weighted by atomic mass is 19.1. The number of halogens is 1. The van der Waals surface area contributed by atoms with Gasteiger partial charge in [0.05, 0.1) is 0 Å². The maximum atomic E-state index is 13.3. The highest BCUT2D eigenvalue weighted by Gasteiger charge is 2.24. The molecule has 0 amide bonds. The normalized spacial score (nSPS) is 15.8. The molecule has 4 aromatic rings. The third kappa shape index (κ3) is 2.78. The van der Waals surface area contributed by atoms with Crippen LogP contribution in [0.5, 0.6) is 0 Å². The fourth-order valence-electron chi connectivity index (χ4n) is 3.79. The van der Waals surface area contributed by atoms with Crippen LogP contribution < -0.4 is 4.90 Å². The Balaban J connectivity index is 1.34. The molecule has 1 aliphatic heterocycles. The predicted octanol–water partition coefficient (Wildman–Crippen LogP) is 2.34. The van der Waals surface area contributed by atoms with Gasteiger partial charge in [-0.3, -0.25) is 4.90 Å². The third-order valence-corrected chi connectivity index (χ3v) is 5.43. The maximum Gasteiger partial charge on any atom is 0.254 e. The summed E-state index contributed by atoms with van der Waals surface area (Å²) in [5.74, 6) is 1.37. The van der Waals surface area contributed by atoms with Crippen molar-refractivity contribution in [2.45, 2.75) is 20.4 Å². The number of rotatable bonds is 3. The van der Waals surface area contributed by atoms with Crippen molar-refractivity contribution in [2.24, 2.45) is 0 Å². The predicted molar refractivity (Wildman–Crippen MR) is 102 cm³/mol. The second-order valence-electron chi connectivity index (χ2n) is 7.15. The zero-order valence-electron chi connectivity index (χ0n) is 15.8. The molecule has 0 radical (unpaired) electrons. The van der Waals surface area contributed by atoms with Gasteiger partial charge in [-0.1, -0.05) is 5.16 Å². The van der Waals surface area contributed by atoms with Crippen molar-refractivity contribution >= 4 is 22.6 Å². The van der Waals surface area contributed by atoms with Crippen LogP contribution in [-0.4, -0.2) is 55.8 Å². The van der Waals surface area contributed by atoms with Gasteiger partial charge in [-0.2, -0.15) is 14.6 Å². The minimum atomic E-state index is -0.314. The van der Waals surface area contributed by atoms with Gasteiger partial charge in [-0.25, -0.2) is 9.37 Å². The number of nitrogens with zero attached hydrogens (tertiary/aromatic N) is 7. The van der Waals surface area contributed by atoms with Crippen LogP contribution in [0.1, 0.15) is 17.0 Å². The Hall–Kier alpha value is -3.07. The van der Waals surface area contributed by atoms with E-state index in [1.54, 1.807) is 12.4 Å². The number of piperazine rings is 1. The van der Waals surface area contributed by atoms with E-state index in [0.717, 1.165) is 54.3 Å². The van der Waals surface area contributed by atoms with Gasteiger partial charge in [-0.15, -0.1) is 0 Å². The number of fused-ring (bicyclic) bond motifs is 2. The highest BCUT2D eigenvalue weighted by Crippen LogP contribution is 2.25. The van der Waals surface area contributed by atoms with Gasteiger partial charge in [0.1, 0.15) is 23.7 Å². The van der Waals surface area contributed by atoms with E-state index < -0.39 is 0 Å². The van der Waals surface area contributed by atoms with E-state index in [1.807, 2.05) is 11.4 Å². The zero-order chi connectivity index (χ0) is 19.3. The SMILES string of the molecule is Cc1nc2ncnn2c(N2CCN(Cc3noc4cc(F)ccc34)CC2)c1C. The van der Waals surface area contributed by atoms with E-state index in [0.29, 0.717) is 17.9 Å². The van der Waals surface area contributed by atoms with E-state index in [1.165, 1.54) is 12.1 Å². The maximum absolute atomic E-state index is 13.3. The molecule has 0 aliphatic carbocycles. The van der Waals surface area contributed by atoms with Crippen LogP contribution in [-0.2, 0) is 6.54 Å². The van der Waals surface area contributed by atoms with Gasteiger partial charge in [0.25, 0.3) is 5.78 Å². The number of aromatic nitrogens is 5. The van der Waals surface area contributed by atoms with Crippen LogP contribution in [0.15, 0.2) is 29.0 Å². The Morgan fingerprint density at radius 2 is 1.96 bits per heavy atom. The Bertz CT molecular complexity index is 1160. The summed E-state index contributed by atoms with van der Waals surface area (Å²) in [6, 6.07) is 4.55. The van der Waals surface area contributed by atoms with Crippen molar-refractivity contribution in [3.63, 3.8) is 0 Å². The number of aryl methyl sites for hydroxylation is 1. The van der Waals surface area contributed by atoms with Gasteiger partial charge in [0, 0.05) is 55.4 Å². The van der Waals surface area contributed by atoms with Crippen LogP contribution in [0.25, 0.3) is 16.7 Å². The van der Waals surface area contributed by atoms with Crippen LogP contribution in [0.3, 0.4) is 0 Å². The number of anilines is 1. The van der Waals surface area contributed by atoms with Crippen molar-refractivity contribution in [3.8, 4) is 0 Å². The molecule has 0 bridgehead atoms. The lowest BCUT2D eigenvalue weighted by atomic mass is 10.2. The molecule has 1 aromatic carbocycles. The highest BCUT2D eigenvalue weighted by molar-refractivity contribution is 5.79. The van der Waals surface area contributed by atoms with Crippen molar-refractivity contribution in [3.05, 3.63) is 47.3 Å². The van der Waals surface area contributed by atoms with Crippen LogP contribution in [0, 0.1) is 19.7 Å². The smallest absolute Gasteiger partial charge is 0.254 e. The first-order valence-electron chi connectivity index (χ1n) is 9.28. The lowest BCUT2D eigenvalue weighted by Crippen LogP contribution is -2.47. The van der Waals surface area contributed by atoms with Gasteiger partial charge >= 0.3 is 0 Å². The van der Waals surface area contributed by atoms with Crippen molar-refractivity contribution in [1.82, 2.24) is 29.6 Å². The molecule has 1 saturated heterocycles. The summed E-state index contributed by atoms with van der Waals surface area (Å²) in [6.07, 6.45) is 1.54. The molecule has 0 unspecified atom stereocenters. The molecular formula is C19H20FN7O. The monoisotopic (exact) mass is 381 g/mol. The molecule has 8 nitrogen and oxygen atoms in total. The fourth-order valence-corrected chi connectivity index (χ4v) is 3.79. The average molecular weight is 381 g/mol. The van der Waals surface area contributed by atoms with Crippen LogP contribution in [0.4, 0.5) is 10.2 Å². The van der Waals surface area contributed by atoms with E-state index >= 15 is 0 Å². The van der Waals surface area contributed by atoms with Crippen molar-refractivity contribution in [1.29, 1.82) is 0 Å². The molecule has 1 fully saturated rings. The number of benzene rings is 1. The Labute approximate surface area is 160 Å². The summed E-state index contributed by atoms with van der Waals surface area (Å²) in [5.41, 5.74) is 3.43. The molecule has 5 rings (SSSR count). The van der Waals surface area contributed by atoms with E-state index in [4.69, 9.17) is 4.52 Å². The molecule has 0 spiro atoms. The summed E-state index contributed by atoms with van der Waals surface area (Å²) in [5, 5.41) is 9.36. The van der Waals surface area contributed by atoms with Gasteiger partial charge < -0.3 is 9.42 Å². The summed E-state index contributed by atoms with van der Waals surface area (Å²) >= 11 is 0. The molecule has 0 N–H and O–H groups in total. The Morgan fingerprint density at radius 3 is 2.79 bits per heavy atom. The van der Waals surface area contributed by atoms with Crippen LogP contribution in [0.2, 0.25) is 0 Å². The topological polar surface area (TPSA) is 75.6 Å². The molecule has 9 heteroatoms. The second kappa shape index (κ2) is 6.52. The summed E-state index contributed by atoms with van der Waals surface area (Å²) in [7, 11) is 0. The molecule has 4 heterocycles. The lowest BCUT2D eigenvalue weighted by Gasteiger charge is -2.36. The molecule has 28 heavy (non-hydrogen) atoms. The van der Waals surface area contributed by atoms with Crippen LogP contribution >= 0.6 is 0 Å². The quantitative estimate of drug-likeness (QED) is 0.539. The molecule has 1 aliphatic rings. The Morgan fingerprint density at radius 1 is 1.14 bits per heavy atom. The summed E-state index contributed by atoms with van der Waals surface area (Å²) in [4.78, 5) is 13.4. The third-order valence-electron chi connectivity index (χ3n) is 5.43. The zero-order valence-corrected chi connectivity index (χ0v) is 15.8. The van der Waals surface area contributed by atoms with E-state index in [9.17, 15) is 4.39 Å². The summed E-state index contributed by atoms with van der Waals surface area (Å²) < 4.78 is 20.4. The van der Waals surface area contributed by atoms with Gasteiger partial charge in [-0.05, 0) is 26.0 Å². The minimum absolute atomic E-state index is 0.314. The van der Waals surface area contributed by atoms with Gasteiger partial charge in [0.15, 0.2) is 5.58 Å². The molecule has 0 saturated carbocycles. The second-order valence-corrected chi connectivity index (χ2v) is 7.15. The van der Waals surface area contributed by atoms with E-state index in [-0.39, 0.29) is 5.82 Å². The number of hydrogen-bond acceptors (Lipinski definition) is 7. The average Bonchev–Trinajstić information content (AvgIpc) is 3.30. The first-order chi connectivity index (χ1) is 13.6. The fraction of sp³-hybridized carbons (Fsp3) is 0.368. The van der Waals surface area contributed by atoms with Gasteiger partial charge in [0.2, 0.25) is 0 Å². The minimum Gasteiger partial charge on any atom is -0.356 e. The Kier molecular flexibility index (Phi) is 3.97. The molecule has 144 valence electrons. The largest absolute Gasteiger partial charge is 0.356 e. The molecule has 0 atom stereocenters. The van der Waals surface area contributed by atoms with Crippen molar-refractivity contribution in [2.75, 3.05) is 31.1 Å². The molecular weight excluding hydrogens is 361 g/mol.